The fraction of sp³-hybridized carbons (Fsp3) is 0.273. The van der Waals surface area contributed by atoms with E-state index in [1.165, 1.54) is 6.21 Å². The van der Waals surface area contributed by atoms with Gasteiger partial charge in [0.05, 0.1) is 6.21 Å². The summed E-state index contributed by atoms with van der Waals surface area (Å²) in [7, 11) is 0. The van der Waals surface area contributed by atoms with Crippen LogP contribution < -0.4 is 20.8 Å². The number of hydrogen-bond donors (Lipinski definition) is 3. The van der Waals surface area contributed by atoms with E-state index in [0.29, 0.717) is 28.6 Å². The lowest BCUT2D eigenvalue weighted by Gasteiger charge is -2.10. The Labute approximate surface area is 186 Å². The summed E-state index contributed by atoms with van der Waals surface area (Å²) in [6.07, 6.45) is 1.37. The van der Waals surface area contributed by atoms with E-state index in [2.05, 4.69) is 21.2 Å². The summed E-state index contributed by atoms with van der Waals surface area (Å²) >= 11 is 6.05. The highest BCUT2D eigenvalue weighted by molar-refractivity contribution is 6.35. The quantitative estimate of drug-likeness (QED) is 0.330. The van der Waals surface area contributed by atoms with Gasteiger partial charge < -0.3 is 15.4 Å². The van der Waals surface area contributed by atoms with Crippen molar-refractivity contribution in [2.75, 3.05) is 18.5 Å². The van der Waals surface area contributed by atoms with Gasteiger partial charge in [0, 0.05) is 17.3 Å². The number of nitrogens with zero attached hydrogens (tertiary/aromatic N) is 1. The maximum atomic E-state index is 12.1. The van der Waals surface area contributed by atoms with Gasteiger partial charge in [-0.05, 0) is 48.2 Å². The largest absolute Gasteiger partial charge is 0.484 e. The highest BCUT2D eigenvalue weighted by Gasteiger charge is 2.12. The number of carbonyl (C=O) groups is 3. The number of hydrogen-bond acceptors (Lipinski definition) is 5. The van der Waals surface area contributed by atoms with Crippen LogP contribution in [-0.4, -0.2) is 37.1 Å². The average Bonchev–Trinajstić information content (AvgIpc) is 2.74. The Morgan fingerprint density at radius 1 is 1.13 bits per heavy atom. The molecule has 9 heteroatoms. The molecule has 0 aliphatic heterocycles. The molecule has 0 aliphatic rings. The highest BCUT2D eigenvalue weighted by Crippen LogP contribution is 2.22. The molecule has 0 saturated heterocycles. The molecule has 2 aromatic carbocycles. The number of halogens is 1. The van der Waals surface area contributed by atoms with Crippen molar-refractivity contribution in [3.05, 3.63) is 58.6 Å². The number of rotatable bonds is 8. The minimum absolute atomic E-state index is 0.195. The van der Waals surface area contributed by atoms with Crippen molar-refractivity contribution in [2.45, 2.75) is 20.8 Å². The molecule has 0 spiro atoms. The van der Waals surface area contributed by atoms with E-state index < -0.39 is 11.8 Å². The third kappa shape index (κ3) is 8.10. The van der Waals surface area contributed by atoms with Gasteiger partial charge in [0.2, 0.25) is 0 Å². The van der Waals surface area contributed by atoms with Crippen LogP contribution in [0.1, 0.15) is 25.0 Å². The van der Waals surface area contributed by atoms with Gasteiger partial charge in [0.25, 0.3) is 5.91 Å². The van der Waals surface area contributed by atoms with E-state index >= 15 is 0 Å². The number of amides is 3. The van der Waals surface area contributed by atoms with Crippen LogP contribution in [0.3, 0.4) is 0 Å². The van der Waals surface area contributed by atoms with E-state index in [4.69, 9.17) is 16.3 Å². The van der Waals surface area contributed by atoms with Gasteiger partial charge in [-0.3, -0.25) is 14.4 Å². The lowest BCUT2D eigenvalue weighted by atomic mass is 10.2. The van der Waals surface area contributed by atoms with Crippen LogP contribution in [0.15, 0.2) is 47.6 Å². The van der Waals surface area contributed by atoms with Gasteiger partial charge in [0.1, 0.15) is 5.75 Å². The predicted octanol–water partition coefficient (Wildman–Crippen LogP) is 2.89. The molecule has 0 bridgehead atoms. The monoisotopic (exact) mass is 444 g/mol. The molecule has 8 nitrogen and oxygen atoms in total. The van der Waals surface area contributed by atoms with Crippen molar-refractivity contribution in [3.8, 4) is 5.75 Å². The van der Waals surface area contributed by atoms with Gasteiger partial charge in [0.15, 0.2) is 6.61 Å². The van der Waals surface area contributed by atoms with E-state index in [9.17, 15) is 14.4 Å². The second kappa shape index (κ2) is 11.7. The molecule has 0 saturated carbocycles. The fourth-order valence-electron chi connectivity index (χ4n) is 2.36. The van der Waals surface area contributed by atoms with Crippen molar-refractivity contribution < 1.29 is 19.1 Å². The fourth-order valence-corrected chi connectivity index (χ4v) is 2.53. The molecular weight excluding hydrogens is 420 g/mol. The van der Waals surface area contributed by atoms with Gasteiger partial charge in [-0.2, -0.15) is 5.10 Å². The number of anilines is 1. The van der Waals surface area contributed by atoms with E-state index in [0.717, 1.165) is 5.56 Å². The molecule has 0 heterocycles. The standard InChI is InChI=1S/C22H25ClN4O4/c1-14(2)11-24-21(29)22(30)27-25-12-16-6-4-7-17(10-16)31-13-20(28)26-19-9-5-8-18(23)15(19)3/h4-10,12,14H,11,13H2,1-3H3,(H,24,29)(H,26,28)(H,27,30)/b25-12-. The lowest BCUT2D eigenvalue weighted by molar-refractivity contribution is -0.139. The number of ether oxygens (including phenoxy) is 1. The van der Waals surface area contributed by atoms with Crippen molar-refractivity contribution >= 4 is 41.2 Å². The van der Waals surface area contributed by atoms with E-state index in [1.54, 1.807) is 42.5 Å². The average molecular weight is 445 g/mol. The smallest absolute Gasteiger partial charge is 0.329 e. The first-order valence-corrected chi connectivity index (χ1v) is 10.0. The molecule has 0 aromatic heterocycles. The van der Waals surface area contributed by atoms with E-state index in [1.807, 2.05) is 20.8 Å². The van der Waals surface area contributed by atoms with Crippen LogP contribution in [0.4, 0.5) is 5.69 Å². The van der Waals surface area contributed by atoms with E-state index in [-0.39, 0.29) is 18.4 Å². The molecule has 0 fully saturated rings. The summed E-state index contributed by atoms with van der Waals surface area (Å²) in [5, 5.41) is 9.58. The predicted molar refractivity (Wildman–Crippen MR) is 120 cm³/mol. The molecule has 3 amide bonds. The third-order valence-electron chi connectivity index (χ3n) is 4.03. The lowest BCUT2D eigenvalue weighted by Crippen LogP contribution is -2.39. The zero-order chi connectivity index (χ0) is 22.8. The Hall–Kier alpha value is -3.39. The molecular formula is C22H25ClN4O4. The van der Waals surface area contributed by atoms with Crippen molar-refractivity contribution in [1.82, 2.24) is 10.7 Å². The number of benzene rings is 2. The molecule has 0 radical (unpaired) electrons. The van der Waals surface area contributed by atoms with Crippen LogP contribution in [0.2, 0.25) is 5.02 Å². The van der Waals surface area contributed by atoms with Crippen molar-refractivity contribution in [3.63, 3.8) is 0 Å². The summed E-state index contributed by atoms with van der Waals surface area (Å²) in [6.45, 7) is 5.87. The van der Waals surface area contributed by atoms with Crippen LogP contribution in [0.5, 0.6) is 5.75 Å². The summed E-state index contributed by atoms with van der Waals surface area (Å²) < 4.78 is 5.51. The number of hydrazone groups is 1. The number of nitrogens with one attached hydrogen (secondary N) is 3. The Kier molecular flexibility index (Phi) is 9.02. The third-order valence-corrected chi connectivity index (χ3v) is 4.44. The molecule has 2 aromatic rings. The SMILES string of the molecule is Cc1c(Cl)cccc1NC(=O)COc1cccc(/C=N\NC(=O)C(=O)NCC(C)C)c1. The molecule has 31 heavy (non-hydrogen) atoms. The first-order chi connectivity index (χ1) is 14.8. The topological polar surface area (TPSA) is 109 Å². The molecule has 0 aliphatic carbocycles. The van der Waals surface area contributed by atoms with Crippen LogP contribution in [-0.2, 0) is 14.4 Å². The molecule has 164 valence electrons. The minimum Gasteiger partial charge on any atom is -0.484 e. The van der Waals surface area contributed by atoms with Gasteiger partial charge in [-0.15, -0.1) is 0 Å². The van der Waals surface area contributed by atoms with Crippen LogP contribution in [0.25, 0.3) is 0 Å². The summed E-state index contributed by atoms with van der Waals surface area (Å²) in [4.78, 5) is 35.4. The second-order valence-electron chi connectivity index (χ2n) is 7.12. The Morgan fingerprint density at radius 2 is 1.87 bits per heavy atom. The maximum Gasteiger partial charge on any atom is 0.329 e. The van der Waals surface area contributed by atoms with Crippen LogP contribution in [0, 0.1) is 12.8 Å². The number of carbonyl (C=O) groups excluding carboxylic acids is 3. The normalized spacial score (nSPS) is 10.7. The maximum absolute atomic E-state index is 12.1. The Balaban J connectivity index is 1.85. The summed E-state index contributed by atoms with van der Waals surface area (Å²) in [5.41, 5.74) is 4.18. The molecule has 0 atom stereocenters. The first kappa shape index (κ1) is 23.9. The summed E-state index contributed by atoms with van der Waals surface area (Å²) in [6, 6.07) is 12.0. The molecule has 2 rings (SSSR count). The van der Waals surface area contributed by atoms with Gasteiger partial charge in [-0.25, -0.2) is 5.43 Å². The zero-order valence-electron chi connectivity index (χ0n) is 17.6. The Morgan fingerprint density at radius 3 is 2.61 bits per heavy atom. The van der Waals surface area contributed by atoms with Crippen LogP contribution >= 0.6 is 11.6 Å². The first-order valence-electron chi connectivity index (χ1n) is 9.65. The zero-order valence-corrected chi connectivity index (χ0v) is 18.3. The second-order valence-corrected chi connectivity index (χ2v) is 7.53. The molecule has 3 N–H and O–H groups in total. The van der Waals surface area contributed by atoms with Crippen molar-refractivity contribution in [1.29, 1.82) is 0 Å². The van der Waals surface area contributed by atoms with Gasteiger partial charge >= 0.3 is 11.8 Å². The summed E-state index contributed by atoms with van der Waals surface area (Å²) in [5.74, 6) is -1.24. The van der Waals surface area contributed by atoms with Crippen molar-refractivity contribution in [2.24, 2.45) is 11.0 Å². The van der Waals surface area contributed by atoms with Gasteiger partial charge in [-0.1, -0.05) is 43.6 Å². The molecule has 0 unspecified atom stereocenters. The minimum atomic E-state index is -0.850. The Bertz CT molecular complexity index is 976. The highest BCUT2D eigenvalue weighted by atomic mass is 35.5.